The second-order valence-corrected chi connectivity index (χ2v) is 3.55. The van der Waals surface area contributed by atoms with E-state index < -0.39 is 0 Å². The highest BCUT2D eigenvalue weighted by Gasteiger charge is 2.02. The van der Waals surface area contributed by atoms with E-state index in [9.17, 15) is 0 Å². The summed E-state index contributed by atoms with van der Waals surface area (Å²) < 4.78 is 0. The molecule has 0 amide bonds. The normalized spacial score (nSPS) is 10.2. The monoisotopic (exact) mass is 194 g/mol. The molecule has 0 fully saturated rings. The third-order valence-corrected chi connectivity index (χ3v) is 2.44. The molecule has 2 aromatic carbocycles. The minimum atomic E-state index is 1.01. The van der Waals surface area contributed by atoms with Crippen LogP contribution in [0.4, 0.5) is 0 Å². The summed E-state index contributed by atoms with van der Waals surface area (Å²) in [5.41, 5.74) is 3.83. The molecule has 0 atom stereocenters. The van der Waals surface area contributed by atoms with Gasteiger partial charge in [0.15, 0.2) is 0 Å². The summed E-state index contributed by atoms with van der Waals surface area (Å²) in [6, 6.07) is 19.9. The quantitative estimate of drug-likeness (QED) is 0.694. The maximum absolute atomic E-state index is 3.27. The molecule has 2 aromatic rings. The van der Waals surface area contributed by atoms with Gasteiger partial charge in [-0.3, -0.25) is 0 Å². The zero-order chi connectivity index (χ0) is 10.5. The average molecular weight is 194 g/mol. The van der Waals surface area contributed by atoms with Gasteiger partial charge in [0.05, 0.1) is 0 Å². The molecule has 0 spiro atoms. The van der Waals surface area contributed by atoms with Gasteiger partial charge in [0.25, 0.3) is 0 Å². The van der Waals surface area contributed by atoms with Gasteiger partial charge < -0.3 is 0 Å². The highest BCUT2D eigenvalue weighted by Crippen LogP contribution is 2.23. The molecule has 2 rings (SSSR count). The van der Waals surface area contributed by atoms with E-state index in [2.05, 4.69) is 55.8 Å². The highest BCUT2D eigenvalue weighted by atomic mass is 14.1. The third kappa shape index (κ3) is 2.27. The largest absolute Gasteiger partial charge is 0.0620 e. The zero-order valence-corrected chi connectivity index (χ0v) is 8.90. The van der Waals surface area contributed by atoms with Gasteiger partial charge in [-0.05, 0) is 35.6 Å². The van der Waals surface area contributed by atoms with Gasteiger partial charge in [0.1, 0.15) is 0 Å². The molecule has 0 aliphatic heterocycles. The average Bonchev–Trinajstić information content (AvgIpc) is 2.31. The van der Waals surface area contributed by atoms with E-state index in [0.29, 0.717) is 0 Å². The van der Waals surface area contributed by atoms with Crippen LogP contribution in [0.3, 0.4) is 0 Å². The lowest BCUT2D eigenvalue weighted by Crippen LogP contribution is -1.88. The first-order chi connectivity index (χ1) is 7.42. The Morgan fingerprint density at radius 3 is 2.60 bits per heavy atom. The molecule has 0 saturated heterocycles. The Balaban J connectivity index is 2.43. The van der Waals surface area contributed by atoms with Crippen molar-refractivity contribution in [1.29, 1.82) is 0 Å². The Kier molecular flexibility index (Phi) is 3.18. The molecule has 0 aliphatic rings. The first kappa shape index (κ1) is 9.97. The second-order valence-electron chi connectivity index (χ2n) is 3.55. The molecule has 0 bridgehead atoms. The van der Waals surface area contributed by atoms with Crippen molar-refractivity contribution in [1.82, 2.24) is 0 Å². The number of hydrogen-bond donors (Lipinski definition) is 0. The van der Waals surface area contributed by atoms with Gasteiger partial charge in [-0.1, -0.05) is 55.5 Å². The van der Waals surface area contributed by atoms with Gasteiger partial charge >= 0.3 is 0 Å². The van der Waals surface area contributed by atoms with Crippen LogP contribution in [0.5, 0.6) is 0 Å². The lowest BCUT2D eigenvalue weighted by molar-refractivity contribution is 1.14. The Bertz CT molecular complexity index is 415. The highest BCUT2D eigenvalue weighted by molar-refractivity contribution is 5.66. The zero-order valence-electron chi connectivity index (χ0n) is 8.90. The van der Waals surface area contributed by atoms with Crippen LogP contribution < -0.4 is 0 Å². The fourth-order valence-corrected chi connectivity index (χ4v) is 1.74. The van der Waals surface area contributed by atoms with Gasteiger partial charge in [-0.2, -0.15) is 0 Å². The van der Waals surface area contributed by atoms with Crippen LogP contribution >= 0.6 is 0 Å². The minimum absolute atomic E-state index is 1.01. The van der Waals surface area contributed by atoms with Crippen molar-refractivity contribution < 1.29 is 0 Å². The number of hydrogen-bond acceptors (Lipinski definition) is 0. The standard InChI is InChI=1S/C15H14/c1-2-8-13-11-6-7-12-15(13)14-9-4-3-5-10-14/h2-7,9,11-12H,8H2,1H3. The van der Waals surface area contributed by atoms with Gasteiger partial charge in [-0.15, -0.1) is 0 Å². The fraction of sp³-hybridized carbons (Fsp3) is 0.133. The summed E-state index contributed by atoms with van der Waals surface area (Å²) in [6.07, 6.45) is 3.20. The first-order valence-corrected chi connectivity index (χ1v) is 5.24. The van der Waals surface area contributed by atoms with Crippen molar-refractivity contribution in [3.8, 4) is 11.1 Å². The molecule has 74 valence electrons. The lowest BCUT2D eigenvalue weighted by Gasteiger charge is -2.07. The molecular formula is C15H14. The van der Waals surface area contributed by atoms with Crippen LogP contribution in [0.15, 0.2) is 48.5 Å². The maximum atomic E-state index is 3.27. The first-order valence-electron chi connectivity index (χ1n) is 5.24. The predicted molar refractivity (Wildman–Crippen MR) is 64.4 cm³/mol. The van der Waals surface area contributed by atoms with Crippen molar-refractivity contribution in [2.75, 3.05) is 0 Å². The summed E-state index contributed by atoms with van der Waals surface area (Å²) in [7, 11) is 0. The van der Waals surface area contributed by atoms with Gasteiger partial charge in [0.2, 0.25) is 0 Å². The van der Waals surface area contributed by atoms with Crippen molar-refractivity contribution in [2.24, 2.45) is 0 Å². The smallest absolute Gasteiger partial charge is 0.00991 e. The van der Waals surface area contributed by atoms with Crippen molar-refractivity contribution in [3.05, 3.63) is 66.6 Å². The summed E-state index contributed by atoms with van der Waals surface area (Å²) in [6.45, 7) is 2.09. The van der Waals surface area contributed by atoms with E-state index in [-0.39, 0.29) is 0 Å². The van der Waals surface area contributed by atoms with Crippen LogP contribution in [0, 0.1) is 12.5 Å². The summed E-state index contributed by atoms with van der Waals surface area (Å²) in [4.78, 5) is 0. The maximum Gasteiger partial charge on any atom is -0.00991 e. The fourth-order valence-electron chi connectivity index (χ4n) is 1.74. The number of benzene rings is 2. The molecule has 15 heavy (non-hydrogen) atoms. The van der Waals surface area contributed by atoms with Crippen LogP contribution in [-0.4, -0.2) is 0 Å². The molecule has 0 N–H and O–H groups in total. The van der Waals surface area contributed by atoms with Gasteiger partial charge in [0, 0.05) is 0 Å². The van der Waals surface area contributed by atoms with E-state index in [0.717, 1.165) is 6.42 Å². The van der Waals surface area contributed by atoms with E-state index in [1.165, 1.54) is 16.7 Å². The Labute approximate surface area is 91.6 Å². The topological polar surface area (TPSA) is 0 Å². The van der Waals surface area contributed by atoms with Crippen LogP contribution in [0.2, 0.25) is 0 Å². The molecular weight excluding hydrogens is 180 g/mol. The van der Waals surface area contributed by atoms with Crippen LogP contribution in [-0.2, 0) is 6.42 Å². The molecule has 0 heterocycles. The summed E-state index contributed by atoms with van der Waals surface area (Å²) in [5.74, 6) is 0. The third-order valence-electron chi connectivity index (χ3n) is 2.44. The van der Waals surface area contributed by atoms with Crippen molar-refractivity contribution in [2.45, 2.75) is 13.3 Å². The van der Waals surface area contributed by atoms with Gasteiger partial charge in [-0.25, -0.2) is 0 Å². The Morgan fingerprint density at radius 2 is 1.87 bits per heavy atom. The van der Waals surface area contributed by atoms with Crippen molar-refractivity contribution >= 4 is 0 Å². The van der Waals surface area contributed by atoms with Crippen LogP contribution in [0.25, 0.3) is 11.1 Å². The SMILES string of the molecule is C[CH]Cc1ccccc1-c1[c]cccc1. The predicted octanol–water partition coefficient (Wildman–Crippen LogP) is 3.92. The summed E-state index contributed by atoms with van der Waals surface area (Å²) in [5, 5.41) is 0. The Hall–Kier alpha value is -1.56. The van der Waals surface area contributed by atoms with E-state index in [1.54, 1.807) is 0 Å². The molecule has 0 unspecified atom stereocenters. The van der Waals surface area contributed by atoms with E-state index >= 15 is 0 Å². The van der Waals surface area contributed by atoms with E-state index in [1.807, 2.05) is 12.1 Å². The summed E-state index contributed by atoms with van der Waals surface area (Å²) >= 11 is 0. The molecule has 2 radical (unpaired) electrons. The van der Waals surface area contributed by atoms with Crippen molar-refractivity contribution in [3.63, 3.8) is 0 Å². The Morgan fingerprint density at radius 1 is 1.07 bits per heavy atom. The number of rotatable bonds is 3. The lowest BCUT2D eigenvalue weighted by atomic mass is 9.97. The molecule has 0 nitrogen and oxygen atoms in total. The molecule has 0 aromatic heterocycles. The van der Waals surface area contributed by atoms with Crippen LogP contribution in [0.1, 0.15) is 12.5 Å². The van der Waals surface area contributed by atoms with E-state index in [4.69, 9.17) is 0 Å². The molecule has 0 aliphatic carbocycles. The minimum Gasteiger partial charge on any atom is -0.0620 e. The molecule has 0 saturated carbocycles. The molecule has 0 heteroatoms. The second kappa shape index (κ2) is 4.79.